The number of carbonyl (C=O) groups excluding carboxylic acids is 2. The van der Waals surface area contributed by atoms with Gasteiger partial charge in [0.05, 0.1) is 12.0 Å². The van der Waals surface area contributed by atoms with E-state index in [2.05, 4.69) is 10.3 Å². The Hall–Kier alpha value is -3.41. The summed E-state index contributed by atoms with van der Waals surface area (Å²) in [5, 5.41) is 2.85. The van der Waals surface area contributed by atoms with Crippen molar-refractivity contribution in [3.8, 4) is 5.69 Å². The first kappa shape index (κ1) is 17.4. The summed E-state index contributed by atoms with van der Waals surface area (Å²) in [7, 11) is 0. The van der Waals surface area contributed by atoms with Crippen LogP contribution in [0.15, 0.2) is 48.8 Å². The Morgan fingerprint density at radius 2 is 1.65 bits per heavy atom. The maximum atomic E-state index is 12.5. The first-order valence-electron chi connectivity index (χ1n) is 8.20. The van der Waals surface area contributed by atoms with Crippen molar-refractivity contribution in [3.63, 3.8) is 0 Å². The third kappa shape index (κ3) is 3.21. The maximum Gasteiger partial charge on any atom is 0.255 e. The average molecular weight is 348 g/mol. The van der Waals surface area contributed by atoms with Crippen LogP contribution in [0.3, 0.4) is 0 Å². The van der Waals surface area contributed by atoms with Gasteiger partial charge in [-0.3, -0.25) is 9.59 Å². The van der Waals surface area contributed by atoms with Gasteiger partial charge in [-0.15, -0.1) is 0 Å². The number of hydrogen-bond acceptors (Lipinski definition) is 3. The predicted molar refractivity (Wildman–Crippen MR) is 101 cm³/mol. The second-order valence-electron chi connectivity index (χ2n) is 6.13. The molecule has 3 N–H and O–H groups in total. The lowest BCUT2D eigenvalue weighted by molar-refractivity contribution is 0.0999. The van der Waals surface area contributed by atoms with Gasteiger partial charge in [-0.1, -0.05) is 6.07 Å². The topological polar surface area (TPSA) is 90.0 Å². The second kappa shape index (κ2) is 6.84. The molecule has 0 aliphatic heterocycles. The Bertz CT molecular complexity index is 988. The van der Waals surface area contributed by atoms with E-state index in [1.54, 1.807) is 31.5 Å². The Morgan fingerprint density at radius 1 is 1.00 bits per heavy atom. The minimum atomic E-state index is -0.549. The van der Waals surface area contributed by atoms with Gasteiger partial charge in [0, 0.05) is 28.2 Å². The number of benzene rings is 2. The third-order valence-electron chi connectivity index (χ3n) is 4.50. The zero-order chi connectivity index (χ0) is 18.8. The molecule has 0 fully saturated rings. The van der Waals surface area contributed by atoms with E-state index in [0.717, 1.165) is 17.1 Å². The molecule has 6 heteroatoms. The van der Waals surface area contributed by atoms with Crippen molar-refractivity contribution in [3.05, 3.63) is 76.9 Å². The molecule has 1 heterocycles. The number of nitrogens with zero attached hydrogens (tertiary/aromatic N) is 2. The van der Waals surface area contributed by atoms with Crippen molar-refractivity contribution in [2.45, 2.75) is 20.8 Å². The second-order valence-corrected chi connectivity index (χ2v) is 6.13. The van der Waals surface area contributed by atoms with E-state index >= 15 is 0 Å². The number of nitrogens with two attached hydrogens (primary N) is 1. The van der Waals surface area contributed by atoms with Gasteiger partial charge < -0.3 is 15.6 Å². The fourth-order valence-electron chi connectivity index (χ4n) is 2.81. The molecule has 2 amide bonds. The van der Waals surface area contributed by atoms with Gasteiger partial charge in [-0.05, 0) is 62.7 Å². The molecule has 2 aromatic carbocycles. The number of nitrogens with one attached hydrogen (secondary N) is 1. The van der Waals surface area contributed by atoms with Gasteiger partial charge >= 0.3 is 0 Å². The Morgan fingerprint density at radius 3 is 2.23 bits per heavy atom. The highest BCUT2D eigenvalue weighted by atomic mass is 16.2. The molecular formula is C20H20N4O2. The largest absolute Gasteiger partial charge is 0.366 e. The standard InChI is InChI=1S/C20H20N4O2/c1-12-17(19(21)25)5-4-6-18(12)20(26)23-15-7-9-16(10-8-15)24-11-22-13(2)14(24)3/h4-11H,1-3H3,(H2,21,25)(H,23,26). The molecule has 0 saturated carbocycles. The molecule has 0 aliphatic rings. The lowest BCUT2D eigenvalue weighted by Crippen LogP contribution is -2.18. The van der Waals surface area contributed by atoms with Crippen molar-refractivity contribution >= 4 is 17.5 Å². The van der Waals surface area contributed by atoms with Gasteiger partial charge in [0.2, 0.25) is 5.91 Å². The fraction of sp³-hybridized carbons (Fsp3) is 0.150. The molecule has 0 unspecified atom stereocenters. The summed E-state index contributed by atoms with van der Waals surface area (Å²) in [5.74, 6) is -0.833. The molecule has 26 heavy (non-hydrogen) atoms. The number of rotatable bonds is 4. The van der Waals surface area contributed by atoms with Gasteiger partial charge in [0.1, 0.15) is 0 Å². The molecule has 0 spiro atoms. The van der Waals surface area contributed by atoms with Crippen LogP contribution in [0, 0.1) is 20.8 Å². The predicted octanol–water partition coefficient (Wildman–Crippen LogP) is 3.15. The number of anilines is 1. The van der Waals surface area contributed by atoms with Crippen molar-refractivity contribution < 1.29 is 9.59 Å². The van der Waals surface area contributed by atoms with Gasteiger partial charge in [-0.25, -0.2) is 4.98 Å². The van der Waals surface area contributed by atoms with Crippen molar-refractivity contribution in [1.82, 2.24) is 9.55 Å². The summed E-state index contributed by atoms with van der Waals surface area (Å²) in [4.78, 5) is 28.3. The van der Waals surface area contributed by atoms with E-state index in [1.807, 2.05) is 42.7 Å². The molecule has 0 atom stereocenters. The molecule has 3 rings (SSSR count). The fourth-order valence-corrected chi connectivity index (χ4v) is 2.81. The molecule has 0 radical (unpaired) electrons. The molecule has 6 nitrogen and oxygen atoms in total. The summed E-state index contributed by atoms with van der Waals surface area (Å²) in [6.07, 6.45) is 1.77. The first-order chi connectivity index (χ1) is 12.4. The summed E-state index contributed by atoms with van der Waals surface area (Å²) < 4.78 is 1.99. The Labute approximate surface area is 151 Å². The summed E-state index contributed by atoms with van der Waals surface area (Å²) in [5.41, 5.74) is 10.4. The number of hydrogen-bond donors (Lipinski definition) is 2. The summed E-state index contributed by atoms with van der Waals surface area (Å²) >= 11 is 0. The number of primary amides is 1. The van der Waals surface area contributed by atoms with Crippen LogP contribution in [0.2, 0.25) is 0 Å². The monoisotopic (exact) mass is 348 g/mol. The van der Waals surface area contributed by atoms with Crippen molar-refractivity contribution in [2.75, 3.05) is 5.32 Å². The lowest BCUT2D eigenvalue weighted by Gasteiger charge is -2.11. The SMILES string of the molecule is Cc1ncn(-c2ccc(NC(=O)c3cccc(C(N)=O)c3C)cc2)c1C. The van der Waals surface area contributed by atoms with Crippen LogP contribution in [-0.4, -0.2) is 21.4 Å². The molecule has 1 aromatic heterocycles. The average Bonchev–Trinajstić information content (AvgIpc) is 2.94. The van der Waals surface area contributed by atoms with Crippen LogP contribution in [0.4, 0.5) is 5.69 Å². The molecule has 132 valence electrons. The van der Waals surface area contributed by atoms with Gasteiger partial charge in [-0.2, -0.15) is 0 Å². The van der Waals surface area contributed by atoms with E-state index in [-0.39, 0.29) is 5.91 Å². The normalized spacial score (nSPS) is 10.6. The molecule has 0 bridgehead atoms. The van der Waals surface area contributed by atoms with E-state index in [4.69, 9.17) is 5.73 Å². The lowest BCUT2D eigenvalue weighted by atomic mass is 10.0. The van der Waals surface area contributed by atoms with Crippen molar-refractivity contribution in [1.29, 1.82) is 0 Å². The summed E-state index contributed by atoms with van der Waals surface area (Å²) in [6.45, 7) is 5.68. The molecule has 0 saturated heterocycles. The third-order valence-corrected chi connectivity index (χ3v) is 4.50. The Kier molecular flexibility index (Phi) is 4.58. The quantitative estimate of drug-likeness (QED) is 0.759. The van der Waals surface area contributed by atoms with Crippen molar-refractivity contribution in [2.24, 2.45) is 5.73 Å². The van der Waals surface area contributed by atoms with E-state index < -0.39 is 5.91 Å². The zero-order valence-electron chi connectivity index (χ0n) is 14.9. The van der Waals surface area contributed by atoms with Crippen LogP contribution in [0.25, 0.3) is 5.69 Å². The minimum Gasteiger partial charge on any atom is -0.366 e. The zero-order valence-corrected chi connectivity index (χ0v) is 14.9. The van der Waals surface area contributed by atoms with Crippen LogP contribution < -0.4 is 11.1 Å². The van der Waals surface area contributed by atoms with E-state index in [9.17, 15) is 9.59 Å². The number of carbonyl (C=O) groups is 2. The Balaban J connectivity index is 1.82. The number of aryl methyl sites for hydroxylation is 1. The van der Waals surface area contributed by atoms with Crippen LogP contribution >= 0.6 is 0 Å². The highest BCUT2D eigenvalue weighted by Gasteiger charge is 2.14. The minimum absolute atomic E-state index is 0.284. The number of amides is 2. The van der Waals surface area contributed by atoms with E-state index in [0.29, 0.717) is 22.4 Å². The molecule has 3 aromatic rings. The van der Waals surface area contributed by atoms with Gasteiger partial charge in [0.25, 0.3) is 5.91 Å². The van der Waals surface area contributed by atoms with Gasteiger partial charge in [0.15, 0.2) is 0 Å². The molecular weight excluding hydrogens is 328 g/mol. The van der Waals surface area contributed by atoms with Crippen LogP contribution in [0.1, 0.15) is 37.7 Å². The summed E-state index contributed by atoms with van der Waals surface area (Å²) in [6, 6.07) is 12.4. The smallest absolute Gasteiger partial charge is 0.255 e. The first-order valence-corrected chi connectivity index (χ1v) is 8.20. The van der Waals surface area contributed by atoms with Crippen LogP contribution in [-0.2, 0) is 0 Å². The highest BCUT2D eigenvalue weighted by molar-refractivity contribution is 6.07. The maximum absolute atomic E-state index is 12.5. The van der Waals surface area contributed by atoms with Crippen LogP contribution in [0.5, 0.6) is 0 Å². The number of aromatic nitrogens is 2. The van der Waals surface area contributed by atoms with E-state index in [1.165, 1.54) is 0 Å². The molecule has 0 aliphatic carbocycles. The highest BCUT2D eigenvalue weighted by Crippen LogP contribution is 2.19. The number of imidazole rings is 1.